The fourth-order valence-corrected chi connectivity index (χ4v) is 2.14. The summed E-state index contributed by atoms with van der Waals surface area (Å²) in [5.74, 6) is -0.373. The molecule has 21 heavy (non-hydrogen) atoms. The van der Waals surface area contributed by atoms with Gasteiger partial charge >= 0.3 is 5.97 Å². The second-order valence-corrected chi connectivity index (χ2v) is 5.58. The van der Waals surface area contributed by atoms with Gasteiger partial charge in [0.05, 0.1) is 13.0 Å². The molecule has 0 bridgehead atoms. The third-order valence-electron chi connectivity index (χ3n) is 3.87. The second kappa shape index (κ2) is 8.00. The van der Waals surface area contributed by atoms with Gasteiger partial charge in [-0.05, 0) is 38.7 Å². The minimum atomic E-state index is -0.780. The first-order valence-corrected chi connectivity index (χ1v) is 7.13. The highest BCUT2D eigenvalue weighted by Gasteiger charge is 2.21. The van der Waals surface area contributed by atoms with E-state index in [1.165, 1.54) is 0 Å². The molecule has 5 nitrogen and oxygen atoms in total. The molecule has 3 unspecified atom stereocenters. The summed E-state index contributed by atoms with van der Waals surface area (Å²) in [6, 6.07) is 8.02. The van der Waals surface area contributed by atoms with Crippen molar-refractivity contribution < 1.29 is 14.6 Å². The van der Waals surface area contributed by atoms with Crippen LogP contribution >= 0.6 is 0 Å². The molecule has 0 radical (unpaired) electrons. The average molecular weight is 294 g/mol. The summed E-state index contributed by atoms with van der Waals surface area (Å²) < 4.78 is 5.26. The Hall–Kier alpha value is -1.59. The van der Waals surface area contributed by atoms with E-state index in [0.29, 0.717) is 6.54 Å². The van der Waals surface area contributed by atoms with Crippen molar-refractivity contribution >= 4 is 5.97 Å². The van der Waals surface area contributed by atoms with E-state index in [4.69, 9.17) is 9.84 Å². The zero-order chi connectivity index (χ0) is 16.0. The summed E-state index contributed by atoms with van der Waals surface area (Å²) in [5, 5.41) is 12.4. The Morgan fingerprint density at radius 1 is 1.38 bits per heavy atom. The number of hydrogen-bond donors (Lipinski definition) is 2. The lowest BCUT2D eigenvalue weighted by molar-refractivity contribution is -0.141. The van der Waals surface area contributed by atoms with Crippen LogP contribution in [0.2, 0.25) is 0 Å². The number of carbonyl (C=O) groups is 1. The van der Waals surface area contributed by atoms with Gasteiger partial charge in [-0.2, -0.15) is 0 Å². The summed E-state index contributed by atoms with van der Waals surface area (Å²) in [6.07, 6.45) is 0. The van der Waals surface area contributed by atoms with Crippen LogP contribution in [0.4, 0.5) is 0 Å². The van der Waals surface area contributed by atoms with E-state index in [1.54, 1.807) is 14.0 Å². The number of nitrogens with one attached hydrogen (secondary N) is 1. The molecule has 3 atom stereocenters. The zero-order valence-electron chi connectivity index (χ0n) is 13.5. The molecule has 1 aromatic carbocycles. The van der Waals surface area contributed by atoms with Crippen LogP contribution in [-0.4, -0.2) is 49.8 Å². The van der Waals surface area contributed by atoms with E-state index >= 15 is 0 Å². The third-order valence-corrected chi connectivity index (χ3v) is 3.87. The molecule has 0 spiro atoms. The molecule has 0 aliphatic heterocycles. The van der Waals surface area contributed by atoms with Crippen molar-refractivity contribution in [1.82, 2.24) is 10.2 Å². The van der Waals surface area contributed by atoms with Gasteiger partial charge in [0.15, 0.2) is 0 Å². The Kier molecular flexibility index (Phi) is 6.65. The molecule has 5 heteroatoms. The highest BCUT2D eigenvalue weighted by atomic mass is 16.5. The van der Waals surface area contributed by atoms with Crippen LogP contribution in [0.1, 0.15) is 25.5 Å². The van der Waals surface area contributed by atoms with E-state index in [2.05, 4.69) is 16.3 Å². The number of hydrogen-bond acceptors (Lipinski definition) is 4. The third kappa shape index (κ3) is 5.02. The fraction of sp³-hybridized carbons (Fsp3) is 0.562. The Morgan fingerprint density at radius 2 is 2.05 bits per heavy atom. The first-order chi connectivity index (χ1) is 9.86. The van der Waals surface area contributed by atoms with Crippen molar-refractivity contribution in [3.63, 3.8) is 0 Å². The normalized spacial score (nSPS) is 15.5. The summed E-state index contributed by atoms with van der Waals surface area (Å²) in [4.78, 5) is 13.1. The lowest BCUT2D eigenvalue weighted by Crippen LogP contribution is -2.41. The van der Waals surface area contributed by atoms with Crippen LogP contribution in [0.3, 0.4) is 0 Å². The molecule has 0 aromatic heterocycles. The predicted octanol–water partition coefficient (Wildman–Crippen LogP) is 2.00. The highest BCUT2D eigenvalue weighted by Crippen LogP contribution is 2.22. The maximum absolute atomic E-state index is 11.0. The van der Waals surface area contributed by atoms with Gasteiger partial charge in [-0.15, -0.1) is 0 Å². The second-order valence-electron chi connectivity index (χ2n) is 5.58. The van der Waals surface area contributed by atoms with Crippen LogP contribution in [0.5, 0.6) is 5.75 Å². The molecule has 118 valence electrons. The number of rotatable bonds is 8. The molecular weight excluding hydrogens is 268 g/mol. The minimum absolute atomic E-state index is 0.0874. The average Bonchev–Trinajstić information content (AvgIpc) is 2.46. The van der Waals surface area contributed by atoms with Gasteiger partial charge in [0.25, 0.3) is 0 Å². The Labute approximate surface area is 126 Å². The largest absolute Gasteiger partial charge is 0.497 e. The van der Waals surface area contributed by atoms with Crippen molar-refractivity contribution in [1.29, 1.82) is 0 Å². The molecule has 0 saturated carbocycles. The fourth-order valence-electron chi connectivity index (χ4n) is 2.14. The maximum Gasteiger partial charge on any atom is 0.307 e. The number of carboxylic acid groups (broad SMARTS) is 1. The molecule has 2 N–H and O–H groups in total. The standard InChI is InChI=1S/C16H26N2O3/c1-11(16(19)20)12(2)17-10-15(18(3)4)13-7-6-8-14(9-13)21-5/h6-9,11-12,15,17H,10H2,1-5H3,(H,19,20). The first-order valence-electron chi connectivity index (χ1n) is 7.13. The van der Waals surface area contributed by atoms with Crippen LogP contribution in [0.25, 0.3) is 0 Å². The number of ether oxygens (including phenoxy) is 1. The van der Waals surface area contributed by atoms with Gasteiger partial charge in [0.2, 0.25) is 0 Å². The Balaban J connectivity index is 2.76. The maximum atomic E-state index is 11.0. The number of aliphatic carboxylic acids is 1. The van der Waals surface area contributed by atoms with Gasteiger partial charge in [0, 0.05) is 18.6 Å². The quantitative estimate of drug-likeness (QED) is 0.768. The lowest BCUT2D eigenvalue weighted by Gasteiger charge is -2.28. The minimum Gasteiger partial charge on any atom is -0.497 e. The molecule has 0 saturated heterocycles. The van der Waals surface area contributed by atoms with Gasteiger partial charge in [-0.1, -0.05) is 19.1 Å². The first kappa shape index (κ1) is 17.5. The van der Waals surface area contributed by atoms with Crippen molar-refractivity contribution in [2.45, 2.75) is 25.9 Å². The van der Waals surface area contributed by atoms with Gasteiger partial charge in [-0.25, -0.2) is 0 Å². The summed E-state index contributed by atoms with van der Waals surface area (Å²) >= 11 is 0. The van der Waals surface area contributed by atoms with Crippen molar-refractivity contribution in [3.8, 4) is 5.75 Å². The van der Waals surface area contributed by atoms with Gasteiger partial charge < -0.3 is 20.1 Å². The SMILES string of the molecule is COc1cccc(C(CNC(C)C(C)C(=O)O)N(C)C)c1. The smallest absolute Gasteiger partial charge is 0.307 e. The summed E-state index contributed by atoms with van der Waals surface area (Å²) in [5.41, 5.74) is 1.14. The predicted molar refractivity (Wildman–Crippen MR) is 83.7 cm³/mol. The Bertz CT molecular complexity index is 463. The number of nitrogens with zero attached hydrogens (tertiary/aromatic N) is 1. The number of likely N-dealkylation sites (N-methyl/N-ethyl adjacent to an activating group) is 1. The van der Waals surface area contributed by atoms with Gasteiger partial charge in [-0.3, -0.25) is 4.79 Å². The molecule has 0 heterocycles. The molecule has 1 rings (SSSR count). The van der Waals surface area contributed by atoms with Crippen LogP contribution < -0.4 is 10.1 Å². The van der Waals surface area contributed by atoms with E-state index < -0.39 is 11.9 Å². The van der Waals surface area contributed by atoms with Crippen molar-refractivity contribution in [2.75, 3.05) is 27.7 Å². The molecule has 0 amide bonds. The van der Waals surface area contributed by atoms with Crippen LogP contribution in [0, 0.1) is 5.92 Å². The molecule has 0 aliphatic rings. The van der Waals surface area contributed by atoms with Crippen molar-refractivity contribution in [3.05, 3.63) is 29.8 Å². The molecule has 1 aromatic rings. The monoisotopic (exact) mass is 294 g/mol. The van der Waals surface area contributed by atoms with E-state index in [1.807, 2.05) is 39.2 Å². The molecular formula is C16H26N2O3. The molecule has 0 aliphatic carbocycles. The van der Waals surface area contributed by atoms with Crippen LogP contribution in [-0.2, 0) is 4.79 Å². The van der Waals surface area contributed by atoms with E-state index in [-0.39, 0.29) is 12.1 Å². The van der Waals surface area contributed by atoms with E-state index in [0.717, 1.165) is 11.3 Å². The highest BCUT2D eigenvalue weighted by molar-refractivity contribution is 5.70. The lowest BCUT2D eigenvalue weighted by atomic mass is 10.0. The molecule has 0 fully saturated rings. The van der Waals surface area contributed by atoms with Gasteiger partial charge in [0.1, 0.15) is 5.75 Å². The summed E-state index contributed by atoms with van der Waals surface area (Å²) in [6.45, 7) is 4.30. The number of carboxylic acids is 1. The topological polar surface area (TPSA) is 61.8 Å². The van der Waals surface area contributed by atoms with Crippen molar-refractivity contribution in [2.24, 2.45) is 5.92 Å². The Morgan fingerprint density at radius 3 is 2.57 bits per heavy atom. The van der Waals surface area contributed by atoms with E-state index in [9.17, 15) is 4.79 Å². The summed E-state index contributed by atoms with van der Waals surface area (Å²) in [7, 11) is 5.67. The number of methoxy groups -OCH3 is 1. The zero-order valence-corrected chi connectivity index (χ0v) is 13.5. The van der Waals surface area contributed by atoms with Crippen LogP contribution in [0.15, 0.2) is 24.3 Å². The number of benzene rings is 1.